The fraction of sp³-hybridized carbons (Fsp3) is 0.455. The fourth-order valence-electron chi connectivity index (χ4n) is 3.65. The maximum atomic E-state index is 5.33. The first-order valence-corrected chi connectivity index (χ1v) is 10.00. The highest BCUT2D eigenvalue weighted by atomic mass is 127. The first kappa shape index (κ1) is 23.4. The van der Waals surface area contributed by atoms with Gasteiger partial charge in [0.05, 0.1) is 13.7 Å². The monoisotopic (exact) mass is 509 g/mol. The minimum Gasteiger partial charge on any atom is -0.481 e. The predicted molar refractivity (Wildman–Crippen MR) is 129 cm³/mol. The molecule has 0 radical (unpaired) electrons. The third kappa shape index (κ3) is 6.85. The van der Waals surface area contributed by atoms with Gasteiger partial charge in [0, 0.05) is 43.5 Å². The Morgan fingerprint density at radius 2 is 2.03 bits per heavy atom. The van der Waals surface area contributed by atoms with Crippen molar-refractivity contribution in [1.82, 2.24) is 20.5 Å². The van der Waals surface area contributed by atoms with Crippen LogP contribution in [0, 0.1) is 0 Å². The van der Waals surface area contributed by atoms with E-state index in [4.69, 9.17) is 9.73 Å². The van der Waals surface area contributed by atoms with Crippen LogP contribution in [0.4, 0.5) is 0 Å². The third-order valence-corrected chi connectivity index (χ3v) is 5.07. The number of likely N-dealkylation sites (tertiary alicyclic amines) is 1. The molecule has 0 amide bonds. The number of rotatable bonds is 7. The van der Waals surface area contributed by atoms with E-state index in [-0.39, 0.29) is 24.0 Å². The highest BCUT2D eigenvalue weighted by molar-refractivity contribution is 14.0. The second kappa shape index (κ2) is 12.0. The summed E-state index contributed by atoms with van der Waals surface area (Å²) in [7, 11) is 1.64. The third-order valence-electron chi connectivity index (χ3n) is 5.07. The summed E-state index contributed by atoms with van der Waals surface area (Å²) in [4.78, 5) is 11.5. The predicted octanol–water partition coefficient (Wildman–Crippen LogP) is 3.43. The number of aromatic nitrogens is 1. The minimum absolute atomic E-state index is 0. The number of nitrogens with one attached hydrogen (secondary N) is 2. The molecule has 2 atom stereocenters. The molecule has 1 aromatic carbocycles. The van der Waals surface area contributed by atoms with Gasteiger partial charge in [-0.05, 0) is 31.9 Å². The van der Waals surface area contributed by atoms with E-state index in [1.807, 2.05) is 12.1 Å². The van der Waals surface area contributed by atoms with Crippen LogP contribution in [0.15, 0.2) is 53.7 Å². The van der Waals surface area contributed by atoms with Crippen LogP contribution in [0.2, 0.25) is 0 Å². The van der Waals surface area contributed by atoms with E-state index in [2.05, 4.69) is 64.7 Å². The van der Waals surface area contributed by atoms with Gasteiger partial charge in [-0.2, -0.15) is 0 Å². The molecule has 1 aromatic heterocycles. The Morgan fingerprint density at radius 3 is 2.76 bits per heavy atom. The highest BCUT2D eigenvalue weighted by Gasteiger charge is 2.29. The number of aliphatic imine (C=N–C) groups is 1. The number of benzene rings is 1. The molecule has 2 aromatic rings. The van der Waals surface area contributed by atoms with Crippen LogP contribution in [-0.4, -0.2) is 48.1 Å². The van der Waals surface area contributed by atoms with Gasteiger partial charge in [0.2, 0.25) is 5.88 Å². The topological polar surface area (TPSA) is 61.8 Å². The minimum atomic E-state index is 0. The van der Waals surface area contributed by atoms with Crippen molar-refractivity contribution < 1.29 is 4.74 Å². The average molecular weight is 509 g/mol. The van der Waals surface area contributed by atoms with E-state index in [1.54, 1.807) is 13.3 Å². The second-order valence-electron chi connectivity index (χ2n) is 7.21. The summed E-state index contributed by atoms with van der Waals surface area (Å²) in [5.41, 5.74) is 2.34. The smallest absolute Gasteiger partial charge is 0.218 e. The summed E-state index contributed by atoms with van der Waals surface area (Å²) in [6.07, 6.45) is 2.84. The molecule has 1 fully saturated rings. The summed E-state index contributed by atoms with van der Waals surface area (Å²) < 4.78 is 5.33. The number of guanidine groups is 1. The molecule has 29 heavy (non-hydrogen) atoms. The normalized spacial score (nSPS) is 19.5. The molecule has 0 bridgehead atoms. The van der Waals surface area contributed by atoms with Gasteiger partial charge in [-0.1, -0.05) is 36.4 Å². The lowest BCUT2D eigenvalue weighted by atomic mass is 10.2. The number of methoxy groups -OCH3 is 1. The van der Waals surface area contributed by atoms with Crippen LogP contribution in [-0.2, 0) is 13.1 Å². The van der Waals surface area contributed by atoms with Gasteiger partial charge in [-0.3, -0.25) is 4.90 Å². The van der Waals surface area contributed by atoms with Crippen LogP contribution in [0.3, 0.4) is 0 Å². The molecule has 158 valence electrons. The molecule has 3 rings (SSSR count). The summed E-state index contributed by atoms with van der Waals surface area (Å²) in [6, 6.07) is 15.5. The molecular weight excluding hydrogens is 477 g/mol. The molecule has 1 aliphatic rings. The zero-order chi connectivity index (χ0) is 19.8. The number of halogens is 1. The molecule has 0 saturated carbocycles. The van der Waals surface area contributed by atoms with Gasteiger partial charge in [0.1, 0.15) is 0 Å². The first-order chi connectivity index (χ1) is 13.7. The Hall–Kier alpha value is -1.87. The summed E-state index contributed by atoms with van der Waals surface area (Å²) in [5.74, 6) is 1.47. The van der Waals surface area contributed by atoms with E-state index in [0.29, 0.717) is 24.5 Å². The van der Waals surface area contributed by atoms with Crippen molar-refractivity contribution in [3.8, 4) is 5.88 Å². The van der Waals surface area contributed by atoms with Crippen LogP contribution in [0.5, 0.6) is 5.88 Å². The van der Waals surface area contributed by atoms with Crippen molar-refractivity contribution in [2.45, 2.75) is 45.4 Å². The molecule has 0 spiro atoms. The number of ether oxygens (including phenoxy) is 1. The number of hydrogen-bond donors (Lipinski definition) is 2. The maximum absolute atomic E-state index is 5.33. The standard InChI is InChI=1S/C22H31N5O.HI/c1-4-23-22(25-14-19-11-8-12-24-21(19)28-3)26-20-13-17(2)27(16-20)15-18-9-6-5-7-10-18;/h5-12,17,20H,4,13-16H2,1-3H3,(H2,23,25,26);1H. The average Bonchev–Trinajstić information content (AvgIpc) is 3.06. The first-order valence-electron chi connectivity index (χ1n) is 10.00. The van der Waals surface area contributed by atoms with Crippen molar-refractivity contribution in [2.24, 2.45) is 4.99 Å². The Balaban J connectivity index is 0.00000300. The largest absolute Gasteiger partial charge is 0.481 e. The molecule has 2 heterocycles. The van der Waals surface area contributed by atoms with Crippen LogP contribution < -0.4 is 15.4 Å². The van der Waals surface area contributed by atoms with Gasteiger partial charge in [-0.25, -0.2) is 9.98 Å². The lowest BCUT2D eigenvalue weighted by molar-refractivity contribution is 0.258. The van der Waals surface area contributed by atoms with Crippen molar-refractivity contribution in [1.29, 1.82) is 0 Å². The zero-order valence-corrected chi connectivity index (χ0v) is 19.8. The Labute approximate surface area is 191 Å². The van der Waals surface area contributed by atoms with Crippen molar-refractivity contribution in [3.63, 3.8) is 0 Å². The Morgan fingerprint density at radius 1 is 1.24 bits per heavy atom. The van der Waals surface area contributed by atoms with Gasteiger partial charge in [-0.15, -0.1) is 24.0 Å². The van der Waals surface area contributed by atoms with E-state index in [1.165, 1.54) is 5.56 Å². The molecule has 0 aliphatic carbocycles. The molecular formula is C22H32IN5O. The number of nitrogens with zero attached hydrogens (tertiary/aromatic N) is 3. The molecule has 6 nitrogen and oxygen atoms in total. The zero-order valence-electron chi connectivity index (χ0n) is 17.5. The van der Waals surface area contributed by atoms with E-state index >= 15 is 0 Å². The lowest BCUT2D eigenvalue weighted by Gasteiger charge is -2.21. The molecule has 1 aliphatic heterocycles. The maximum Gasteiger partial charge on any atom is 0.218 e. The van der Waals surface area contributed by atoms with Crippen molar-refractivity contribution in [2.75, 3.05) is 20.2 Å². The summed E-state index contributed by atoms with van der Waals surface area (Å²) in [6.45, 7) is 7.74. The van der Waals surface area contributed by atoms with Gasteiger partial charge in [0.25, 0.3) is 0 Å². The quantitative estimate of drug-likeness (QED) is 0.340. The molecule has 1 saturated heterocycles. The van der Waals surface area contributed by atoms with E-state index in [9.17, 15) is 0 Å². The van der Waals surface area contributed by atoms with Crippen LogP contribution in [0.25, 0.3) is 0 Å². The Kier molecular flexibility index (Phi) is 9.66. The van der Waals surface area contributed by atoms with Gasteiger partial charge < -0.3 is 15.4 Å². The van der Waals surface area contributed by atoms with Crippen molar-refractivity contribution in [3.05, 3.63) is 59.8 Å². The van der Waals surface area contributed by atoms with Gasteiger partial charge in [0.15, 0.2) is 5.96 Å². The highest BCUT2D eigenvalue weighted by Crippen LogP contribution is 2.20. The number of hydrogen-bond acceptors (Lipinski definition) is 4. The Bertz CT molecular complexity index is 771. The summed E-state index contributed by atoms with van der Waals surface area (Å²) in [5, 5.41) is 6.96. The second-order valence-corrected chi connectivity index (χ2v) is 7.21. The summed E-state index contributed by atoms with van der Waals surface area (Å²) >= 11 is 0. The molecule has 7 heteroatoms. The number of pyridine rings is 1. The van der Waals surface area contributed by atoms with Crippen molar-refractivity contribution >= 4 is 29.9 Å². The lowest BCUT2D eigenvalue weighted by Crippen LogP contribution is -2.44. The van der Waals surface area contributed by atoms with Crippen LogP contribution >= 0.6 is 24.0 Å². The fourth-order valence-corrected chi connectivity index (χ4v) is 3.65. The van der Waals surface area contributed by atoms with E-state index < -0.39 is 0 Å². The molecule has 2 unspecified atom stereocenters. The van der Waals surface area contributed by atoms with Crippen LogP contribution in [0.1, 0.15) is 31.4 Å². The van der Waals surface area contributed by atoms with Gasteiger partial charge >= 0.3 is 0 Å². The van der Waals surface area contributed by atoms with E-state index in [0.717, 1.165) is 37.6 Å². The molecule has 2 N–H and O–H groups in total. The SMILES string of the molecule is CCNC(=NCc1cccnc1OC)NC1CC(C)N(Cc2ccccc2)C1.I.